The van der Waals surface area contributed by atoms with Crippen molar-refractivity contribution in [3.8, 4) is 0 Å². The number of rotatable bonds is 4. The van der Waals surface area contributed by atoms with E-state index in [2.05, 4.69) is 15.4 Å². The molecule has 1 unspecified atom stereocenters. The fraction of sp³-hybridized carbons (Fsp3) is 0.364. The van der Waals surface area contributed by atoms with E-state index in [0.717, 1.165) is 10.6 Å². The zero-order valence-electron chi connectivity index (χ0n) is 9.55. The zero-order chi connectivity index (χ0) is 12.3. The van der Waals surface area contributed by atoms with Gasteiger partial charge in [0.15, 0.2) is 5.82 Å². The van der Waals surface area contributed by atoms with Crippen molar-refractivity contribution in [2.45, 2.75) is 12.3 Å². The van der Waals surface area contributed by atoms with Crippen LogP contribution in [-0.2, 0) is 13.5 Å². The van der Waals surface area contributed by atoms with Gasteiger partial charge in [0, 0.05) is 17.4 Å². The molecule has 0 radical (unpaired) electrons. The lowest BCUT2D eigenvalue weighted by Crippen LogP contribution is -2.15. The van der Waals surface area contributed by atoms with Gasteiger partial charge in [0.25, 0.3) is 0 Å². The molecule has 0 saturated heterocycles. The molecule has 0 amide bonds. The van der Waals surface area contributed by atoms with Gasteiger partial charge in [-0.05, 0) is 29.5 Å². The predicted molar refractivity (Wildman–Crippen MR) is 65.7 cm³/mol. The zero-order valence-corrected chi connectivity index (χ0v) is 10.3. The second kappa shape index (κ2) is 5.25. The van der Waals surface area contributed by atoms with E-state index in [1.807, 2.05) is 24.3 Å². The maximum Gasteiger partial charge on any atom is 0.175 e. The lowest BCUT2D eigenvalue weighted by molar-refractivity contribution is 0.620. The van der Waals surface area contributed by atoms with Crippen LogP contribution < -0.4 is 5.73 Å². The Morgan fingerprint density at radius 1 is 1.35 bits per heavy atom. The summed E-state index contributed by atoms with van der Waals surface area (Å²) in [4.78, 5) is 1.45. The molecule has 90 valence electrons. The monoisotopic (exact) mass is 251 g/mol. The molecule has 1 heterocycles. The second-order valence-electron chi connectivity index (χ2n) is 3.88. The highest BCUT2D eigenvalue weighted by atomic mass is 35.5. The minimum Gasteiger partial charge on any atom is -0.330 e. The quantitative estimate of drug-likeness (QED) is 0.885. The van der Waals surface area contributed by atoms with Crippen LogP contribution in [0.25, 0.3) is 0 Å². The molecule has 0 aliphatic rings. The number of hydrogen-bond donors (Lipinski definition) is 1. The first-order valence-electron chi connectivity index (χ1n) is 5.37. The molecule has 5 nitrogen and oxygen atoms in total. The molecular weight excluding hydrogens is 238 g/mol. The SMILES string of the molecule is Cn1nnc(CC(CN)c2ccc(Cl)cc2)n1. The molecule has 1 aromatic carbocycles. The van der Waals surface area contributed by atoms with Crippen molar-refractivity contribution in [3.63, 3.8) is 0 Å². The van der Waals surface area contributed by atoms with E-state index < -0.39 is 0 Å². The molecule has 17 heavy (non-hydrogen) atoms. The van der Waals surface area contributed by atoms with Gasteiger partial charge in [-0.15, -0.1) is 10.2 Å². The summed E-state index contributed by atoms with van der Waals surface area (Å²) in [7, 11) is 1.75. The first-order chi connectivity index (χ1) is 8.19. The number of aromatic nitrogens is 4. The Morgan fingerprint density at radius 2 is 2.06 bits per heavy atom. The van der Waals surface area contributed by atoms with Crippen LogP contribution in [0, 0.1) is 0 Å². The Morgan fingerprint density at radius 3 is 2.59 bits per heavy atom. The average molecular weight is 252 g/mol. The third-order valence-corrected chi connectivity index (χ3v) is 2.86. The molecular formula is C11H14ClN5. The summed E-state index contributed by atoms with van der Waals surface area (Å²) in [5.41, 5.74) is 6.92. The highest BCUT2D eigenvalue weighted by molar-refractivity contribution is 6.30. The number of halogens is 1. The van der Waals surface area contributed by atoms with E-state index in [1.54, 1.807) is 7.05 Å². The first-order valence-corrected chi connectivity index (χ1v) is 5.75. The maximum absolute atomic E-state index is 5.85. The van der Waals surface area contributed by atoms with Gasteiger partial charge in [-0.25, -0.2) is 0 Å². The number of benzene rings is 1. The van der Waals surface area contributed by atoms with E-state index in [1.165, 1.54) is 4.80 Å². The van der Waals surface area contributed by atoms with Gasteiger partial charge >= 0.3 is 0 Å². The van der Waals surface area contributed by atoms with Crippen molar-refractivity contribution in [3.05, 3.63) is 40.7 Å². The molecule has 1 atom stereocenters. The lowest BCUT2D eigenvalue weighted by Gasteiger charge is -2.12. The van der Waals surface area contributed by atoms with E-state index in [9.17, 15) is 0 Å². The van der Waals surface area contributed by atoms with Gasteiger partial charge in [0.2, 0.25) is 0 Å². The van der Waals surface area contributed by atoms with Crippen molar-refractivity contribution in [1.29, 1.82) is 0 Å². The summed E-state index contributed by atoms with van der Waals surface area (Å²) in [5.74, 6) is 0.898. The van der Waals surface area contributed by atoms with E-state index in [-0.39, 0.29) is 5.92 Å². The molecule has 1 aromatic heterocycles. The van der Waals surface area contributed by atoms with Gasteiger partial charge in [0.1, 0.15) is 0 Å². The number of hydrogen-bond acceptors (Lipinski definition) is 4. The lowest BCUT2D eigenvalue weighted by atomic mass is 9.96. The van der Waals surface area contributed by atoms with Crippen LogP contribution in [0.4, 0.5) is 0 Å². The summed E-state index contributed by atoms with van der Waals surface area (Å²) >= 11 is 5.85. The topological polar surface area (TPSA) is 69.6 Å². The number of aryl methyl sites for hydroxylation is 1. The summed E-state index contributed by atoms with van der Waals surface area (Å²) in [5, 5.41) is 12.7. The third-order valence-electron chi connectivity index (χ3n) is 2.60. The van der Waals surface area contributed by atoms with Crippen LogP contribution in [0.3, 0.4) is 0 Å². The summed E-state index contributed by atoms with van der Waals surface area (Å²) in [6.45, 7) is 0.542. The van der Waals surface area contributed by atoms with Crippen molar-refractivity contribution >= 4 is 11.6 Å². The minimum absolute atomic E-state index is 0.191. The highest BCUT2D eigenvalue weighted by Crippen LogP contribution is 2.20. The first kappa shape index (κ1) is 12.0. The molecule has 0 spiro atoms. The number of nitrogens with two attached hydrogens (primary N) is 1. The summed E-state index contributed by atoms with van der Waals surface area (Å²) in [6.07, 6.45) is 0.686. The Labute approximate surface area is 105 Å². The standard InChI is InChI=1S/C11H14ClN5/c1-17-15-11(14-16-17)6-9(7-13)8-2-4-10(12)5-3-8/h2-5,9H,6-7,13H2,1H3. The Kier molecular flexibility index (Phi) is 3.71. The van der Waals surface area contributed by atoms with Crippen molar-refractivity contribution in [2.24, 2.45) is 12.8 Å². The van der Waals surface area contributed by atoms with Crippen LogP contribution in [0.1, 0.15) is 17.3 Å². The molecule has 0 fully saturated rings. The van der Waals surface area contributed by atoms with Crippen LogP contribution in [-0.4, -0.2) is 26.8 Å². The number of tetrazole rings is 1. The third kappa shape index (κ3) is 3.01. The van der Waals surface area contributed by atoms with Gasteiger partial charge < -0.3 is 5.73 Å². The Hall–Kier alpha value is -1.46. The largest absolute Gasteiger partial charge is 0.330 e. The fourth-order valence-corrected chi connectivity index (χ4v) is 1.82. The van der Waals surface area contributed by atoms with Gasteiger partial charge in [0.05, 0.1) is 7.05 Å². The molecule has 0 bridgehead atoms. The molecule has 0 aliphatic carbocycles. The van der Waals surface area contributed by atoms with Crippen LogP contribution in [0.15, 0.2) is 24.3 Å². The van der Waals surface area contributed by atoms with E-state index >= 15 is 0 Å². The Bertz CT molecular complexity index is 479. The van der Waals surface area contributed by atoms with Gasteiger partial charge in [-0.2, -0.15) is 4.80 Å². The maximum atomic E-state index is 5.85. The molecule has 0 saturated carbocycles. The molecule has 6 heteroatoms. The van der Waals surface area contributed by atoms with Crippen LogP contribution in [0.5, 0.6) is 0 Å². The number of nitrogens with zero attached hydrogens (tertiary/aromatic N) is 4. The smallest absolute Gasteiger partial charge is 0.175 e. The second-order valence-corrected chi connectivity index (χ2v) is 4.32. The minimum atomic E-state index is 0.191. The Balaban J connectivity index is 2.13. The van der Waals surface area contributed by atoms with Crippen molar-refractivity contribution < 1.29 is 0 Å². The molecule has 0 aliphatic heterocycles. The fourth-order valence-electron chi connectivity index (χ4n) is 1.70. The average Bonchev–Trinajstić information content (AvgIpc) is 2.73. The highest BCUT2D eigenvalue weighted by Gasteiger charge is 2.13. The normalized spacial score (nSPS) is 12.6. The molecule has 2 rings (SSSR count). The molecule has 2 aromatic rings. The molecule has 2 N–H and O–H groups in total. The van der Waals surface area contributed by atoms with Gasteiger partial charge in [-0.3, -0.25) is 0 Å². The van der Waals surface area contributed by atoms with Crippen LogP contribution >= 0.6 is 11.6 Å². The van der Waals surface area contributed by atoms with Crippen molar-refractivity contribution in [2.75, 3.05) is 6.54 Å². The van der Waals surface area contributed by atoms with Crippen LogP contribution in [0.2, 0.25) is 5.02 Å². The van der Waals surface area contributed by atoms with Gasteiger partial charge in [-0.1, -0.05) is 23.7 Å². The van der Waals surface area contributed by atoms with E-state index in [0.29, 0.717) is 18.8 Å². The summed E-state index contributed by atoms with van der Waals surface area (Å²) in [6, 6.07) is 7.69. The van der Waals surface area contributed by atoms with E-state index in [4.69, 9.17) is 17.3 Å². The predicted octanol–water partition coefficient (Wildman–Crippen LogP) is 1.15. The van der Waals surface area contributed by atoms with Crippen molar-refractivity contribution in [1.82, 2.24) is 20.2 Å². The summed E-state index contributed by atoms with van der Waals surface area (Å²) < 4.78 is 0.